The Balaban J connectivity index is 2.18. The molecule has 0 bridgehead atoms. The van der Waals surface area contributed by atoms with Gasteiger partial charge in [0.1, 0.15) is 0 Å². The normalized spacial score (nSPS) is 19.4. The highest BCUT2D eigenvalue weighted by atomic mass is 35.5. The van der Waals surface area contributed by atoms with Crippen LogP contribution in [0, 0.1) is 11.6 Å². The zero-order valence-corrected chi connectivity index (χ0v) is 10.9. The molecule has 1 aromatic carbocycles. The third-order valence-corrected chi connectivity index (χ3v) is 4.06. The van der Waals surface area contributed by atoms with Crippen LogP contribution < -0.4 is 5.73 Å². The number of hydrogen-bond donors (Lipinski definition) is 1. The van der Waals surface area contributed by atoms with Gasteiger partial charge in [-0.3, -0.25) is 0 Å². The van der Waals surface area contributed by atoms with Crippen LogP contribution in [0.2, 0.25) is 5.02 Å². The molecule has 2 N–H and O–H groups in total. The highest BCUT2D eigenvalue weighted by molar-refractivity contribution is 6.31. The van der Waals surface area contributed by atoms with E-state index in [2.05, 4.69) is 0 Å². The SMILES string of the molecule is COC1(CC(N)c2cc(F)c(F)cc2Cl)CCC1. The second kappa shape index (κ2) is 5.11. The molecule has 5 heteroatoms. The van der Waals surface area contributed by atoms with Gasteiger partial charge in [-0.1, -0.05) is 11.6 Å². The molecule has 0 spiro atoms. The molecule has 0 saturated heterocycles. The number of hydrogen-bond acceptors (Lipinski definition) is 2. The summed E-state index contributed by atoms with van der Waals surface area (Å²) >= 11 is 5.90. The molecule has 18 heavy (non-hydrogen) atoms. The predicted molar refractivity (Wildman–Crippen MR) is 66.5 cm³/mol. The van der Waals surface area contributed by atoms with Crippen molar-refractivity contribution in [1.29, 1.82) is 0 Å². The summed E-state index contributed by atoms with van der Waals surface area (Å²) in [5, 5.41) is 0.159. The predicted octanol–water partition coefficient (Wildman–Crippen LogP) is 3.58. The van der Waals surface area contributed by atoms with Crippen LogP contribution in [-0.2, 0) is 4.74 Å². The van der Waals surface area contributed by atoms with Gasteiger partial charge in [0.15, 0.2) is 11.6 Å². The molecule has 1 fully saturated rings. The van der Waals surface area contributed by atoms with E-state index in [4.69, 9.17) is 22.1 Å². The summed E-state index contributed by atoms with van der Waals surface area (Å²) in [5.41, 5.74) is 6.23. The lowest BCUT2D eigenvalue weighted by molar-refractivity contribution is -0.0817. The highest BCUT2D eigenvalue weighted by Gasteiger charge is 2.39. The van der Waals surface area contributed by atoms with Crippen LogP contribution in [0.3, 0.4) is 0 Å². The van der Waals surface area contributed by atoms with Crippen molar-refractivity contribution in [2.75, 3.05) is 7.11 Å². The van der Waals surface area contributed by atoms with Gasteiger partial charge in [0.25, 0.3) is 0 Å². The summed E-state index contributed by atoms with van der Waals surface area (Å²) in [7, 11) is 1.65. The van der Waals surface area contributed by atoms with E-state index in [1.54, 1.807) is 7.11 Å². The first-order valence-electron chi connectivity index (χ1n) is 5.92. The Labute approximate surface area is 110 Å². The molecule has 0 amide bonds. The number of ether oxygens (including phenoxy) is 1. The Morgan fingerprint density at radius 1 is 1.39 bits per heavy atom. The minimum absolute atomic E-state index is 0.159. The smallest absolute Gasteiger partial charge is 0.160 e. The van der Waals surface area contributed by atoms with Crippen LogP contribution in [0.15, 0.2) is 12.1 Å². The molecule has 1 aliphatic rings. The van der Waals surface area contributed by atoms with Crippen LogP contribution >= 0.6 is 11.6 Å². The Morgan fingerprint density at radius 2 is 2.00 bits per heavy atom. The summed E-state index contributed by atoms with van der Waals surface area (Å²) < 4.78 is 31.7. The fourth-order valence-electron chi connectivity index (χ4n) is 2.40. The van der Waals surface area contributed by atoms with Crippen molar-refractivity contribution in [1.82, 2.24) is 0 Å². The van der Waals surface area contributed by atoms with Crippen LogP contribution in [0.4, 0.5) is 8.78 Å². The molecule has 1 saturated carbocycles. The number of nitrogens with two attached hydrogens (primary N) is 1. The van der Waals surface area contributed by atoms with Gasteiger partial charge in [0.2, 0.25) is 0 Å². The van der Waals surface area contributed by atoms with E-state index in [1.165, 1.54) is 0 Å². The molecule has 0 aromatic heterocycles. The van der Waals surface area contributed by atoms with E-state index in [0.717, 1.165) is 31.4 Å². The molecule has 0 heterocycles. The number of benzene rings is 1. The first kappa shape index (κ1) is 13.7. The quantitative estimate of drug-likeness (QED) is 0.853. The van der Waals surface area contributed by atoms with Gasteiger partial charge in [-0.2, -0.15) is 0 Å². The van der Waals surface area contributed by atoms with Gasteiger partial charge in [-0.25, -0.2) is 8.78 Å². The van der Waals surface area contributed by atoms with Gasteiger partial charge >= 0.3 is 0 Å². The molecular weight excluding hydrogens is 260 g/mol. The average Bonchev–Trinajstić information content (AvgIpc) is 2.28. The molecule has 1 aromatic rings. The maximum Gasteiger partial charge on any atom is 0.160 e. The van der Waals surface area contributed by atoms with Crippen molar-refractivity contribution in [3.63, 3.8) is 0 Å². The molecule has 1 unspecified atom stereocenters. The maximum atomic E-state index is 13.2. The minimum Gasteiger partial charge on any atom is -0.378 e. The Bertz CT molecular complexity index is 443. The Hall–Kier alpha value is -0.710. The highest BCUT2D eigenvalue weighted by Crippen LogP contribution is 2.42. The molecule has 100 valence electrons. The summed E-state index contributed by atoms with van der Waals surface area (Å²) in [6.45, 7) is 0. The third-order valence-electron chi connectivity index (χ3n) is 3.73. The van der Waals surface area contributed by atoms with E-state index in [-0.39, 0.29) is 10.6 Å². The average molecular weight is 276 g/mol. The topological polar surface area (TPSA) is 35.2 Å². The van der Waals surface area contributed by atoms with Crippen molar-refractivity contribution in [3.8, 4) is 0 Å². The molecule has 0 radical (unpaired) electrons. The number of methoxy groups -OCH3 is 1. The van der Waals surface area contributed by atoms with Gasteiger partial charge in [0, 0.05) is 18.2 Å². The first-order chi connectivity index (χ1) is 8.47. The standard InChI is InChI=1S/C13H16ClF2NO/c1-18-13(3-2-4-13)7-12(17)8-5-10(15)11(16)6-9(8)14/h5-6,12H,2-4,7,17H2,1H3. The van der Waals surface area contributed by atoms with Crippen molar-refractivity contribution in [2.24, 2.45) is 5.73 Å². The minimum atomic E-state index is -0.957. The molecule has 1 aliphatic carbocycles. The fraction of sp³-hybridized carbons (Fsp3) is 0.538. The molecule has 2 nitrogen and oxygen atoms in total. The fourth-order valence-corrected chi connectivity index (χ4v) is 2.69. The van der Waals surface area contributed by atoms with Crippen LogP contribution in [-0.4, -0.2) is 12.7 Å². The van der Waals surface area contributed by atoms with E-state index in [1.807, 2.05) is 0 Å². The molecule has 1 atom stereocenters. The van der Waals surface area contributed by atoms with Gasteiger partial charge in [-0.05, 0) is 43.4 Å². The van der Waals surface area contributed by atoms with Gasteiger partial charge < -0.3 is 10.5 Å². The lowest BCUT2D eigenvalue weighted by Gasteiger charge is -2.42. The van der Waals surface area contributed by atoms with E-state index in [9.17, 15) is 8.78 Å². The third kappa shape index (κ3) is 2.51. The van der Waals surface area contributed by atoms with Gasteiger partial charge in [0.05, 0.1) is 5.60 Å². The lowest BCUT2D eigenvalue weighted by Crippen LogP contribution is -2.41. The summed E-state index contributed by atoms with van der Waals surface area (Å²) in [5.74, 6) is -1.88. The van der Waals surface area contributed by atoms with Crippen LogP contribution in [0.25, 0.3) is 0 Å². The largest absolute Gasteiger partial charge is 0.378 e. The second-order valence-electron chi connectivity index (χ2n) is 4.84. The lowest BCUT2D eigenvalue weighted by atomic mass is 9.75. The number of rotatable bonds is 4. The summed E-state index contributed by atoms with van der Waals surface area (Å²) in [4.78, 5) is 0. The second-order valence-corrected chi connectivity index (χ2v) is 5.25. The molecule has 0 aliphatic heterocycles. The van der Waals surface area contributed by atoms with E-state index >= 15 is 0 Å². The van der Waals surface area contributed by atoms with Gasteiger partial charge in [-0.15, -0.1) is 0 Å². The van der Waals surface area contributed by atoms with Crippen LogP contribution in [0.5, 0.6) is 0 Å². The van der Waals surface area contributed by atoms with E-state index in [0.29, 0.717) is 12.0 Å². The summed E-state index contributed by atoms with van der Waals surface area (Å²) in [6.07, 6.45) is 3.55. The molecular formula is C13H16ClF2NO. The van der Waals surface area contributed by atoms with Crippen molar-refractivity contribution in [3.05, 3.63) is 34.4 Å². The first-order valence-corrected chi connectivity index (χ1v) is 6.30. The monoisotopic (exact) mass is 275 g/mol. The zero-order chi connectivity index (χ0) is 13.3. The zero-order valence-electron chi connectivity index (χ0n) is 10.2. The van der Waals surface area contributed by atoms with Crippen molar-refractivity contribution >= 4 is 11.6 Å². The number of halogens is 3. The van der Waals surface area contributed by atoms with Crippen molar-refractivity contribution < 1.29 is 13.5 Å². The maximum absolute atomic E-state index is 13.2. The summed E-state index contributed by atoms with van der Waals surface area (Å²) in [6, 6.07) is 1.59. The van der Waals surface area contributed by atoms with Crippen LogP contribution in [0.1, 0.15) is 37.3 Å². The Morgan fingerprint density at radius 3 is 2.50 bits per heavy atom. The molecule has 2 rings (SSSR count). The Kier molecular flexibility index (Phi) is 3.90. The van der Waals surface area contributed by atoms with Crippen molar-refractivity contribution in [2.45, 2.75) is 37.3 Å². The van der Waals surface area contributed by atoms with E-state index < -0.39 is 17.7 Å².